The molecule has 1 aromatic carbocycles. The highest BCUT2D eigenvalue weighted by Crippen LogP contribution is 2.25. The van der Waals surface area contributed by atoms with Crippen molar-refractivity contribution in [2.45, 2.75) is 25.8 Å². The highest BCUT2D eigenvalue weighted by Gasteiger charge is 2.15. The summed E-state index contributed by atoms with van der Waals surface area (Å²) in [5.41, 5.74) is 4.04. The number of hydrogen-bond acceptors (Lipinski definition) is 8. The molecule has 10 nitrogen and oxygen atoms in total. The first kappa shape index (κ1) is 25.0. The van der Waals surface area contributed by atoms with Gasteiger partial charge < -0.3 is 9.64 Å². The summed E-state index contributed by atoms with van der Waals surface area (Å²) in [6.07, 6.45) is 11.1. The predicted molar refractivity (Wildman–Crippen MR) is 144 cm³/mol. The molecule has 0 unspecified atom stereocenters. The van der Waals surface area contributed by atoms with E-state index in [0.29, 0.717) is 23.6 Å². The molecule has 1 fully saturated rings. The molecule has 1 amide bonds. The van der Waals surface area contributed by atoms with E-state index in [1.54, 1.807) is 16.9 Å². The van der Waals surface area contributed by atoms with Gasteiger partial charge in [0.25, 0.3) is 5.91 Å². The SMILES string of the molecule is C#Cc1cccc(-c2cc(-c3cn(Cc4cccc(N5CCCCC5)n4)nn3)nc(NC(=O)COC)n2)c1. The molecule has 0 atom stereocenters. The number of amides is 1. The average molecular weight is 509 g/mol. The lowest BCUT2D eigenvalue weighted by Gasteiger charge is -2.27. The summed E-state index contributed by atoms with van der Waals surface area (Å²) in [6.45, 7) is 2.42. The van der Waals surface area contributed by atoms with Gasteiger partial charge in [-0.15, -0.1) is 11.5 Å². The molecule has 10 heteroatoms. The van der Waals surface area contributed by atoms with Gasteiger partial charge in [0, 0.05) is 31.3 Å². The van der Waals surface area contributed by atoms with E-state index >= 15 is 0 Å². The maximum absolute atomic E-state index is 12.2. The van der Waals surface area contributed by atoms with Gasteiger partial charge in [-0.1, -0.05) is 29.3 Å². The Bertz CT molecular complexity index is 1470. The Balaban J connectivity index is 1.42. The van der Waals surface area contributed by atoms with E-state index < -0.39 is 0 Å². The van der Waals surface area contributed by atoms with Gasteiger partial charge in [0.1, 0.15) is 18.1 Å². The second-order valence-electron chi connectivity index (χ2n) is 9.00. The van der Waals surface area contributed by atoms with Gasteiger partial charge in [0.15, 0.2) is 0 Å². The van der Waals surface area contributed by atoms with E-state index in [9.17, 15) is 4.79 Å². The van der Waals surface area contributed by atoms with E-state index in [-0.39, 0.29) is 18.5 Å². The zero-order valence-corrected chi connectivity index (χ0v) is 21.2. The number of ether oxygens (including phenoxy) is 1. The summed E-state index contributed by atoms with van der Waals surface area (Å²) in [4.78, 5) is 28.4. The van der Waals surface area contributed by atoms with Crippen molar-refractivity contribution in [1.29, 1.82) is 0 Å². The first-order valence-electron chi connectivity index (χ1n) is 12.5. The quantitative estimate of drug-likeness (QED) is 0.361. The Kier molecular flexibility index (Phi) is 7.66. The highest BCUT2D eigenvalue weighted by molar-refractivity contribution is 5.90. The number of piperidine rings is 1. The Morgan fingerprint density at radius 1 is 1.03 bits per heavy atom. The van der Waals surface area contributed by atoms with Crippen molar-refractivity contribution in [3.05, 3.63) is 66.0 Å². The van der Waals surface area contributed by atoms with Crippen LogP contribution in [0.1, 0.15) is 30.5 Å². The third-order valence-electron chi connectivity index (χ3n) is 6.18. The number of benzene rings is 1. The molecule has 4 heterocycles. The van der Waals surface area contributed by atoms with E-state index in [1.807, 2.05) is 36.4 Å². The lowest BCUT2D eigenvalue weighted by atomic mass is 10.1. The molecule has 1 aliphatic heterocycles. The number of methoxy groups -OCH3 is 1. The van der Waals surface area contributed by atoms with Crippen LogP contribution in [-0.2, 0) is 16.1 Å². The number of nitrogens with zero attached hydrogens (tertiary/aromatic N) is 7. The first-order chi connectivity index (χ1) is 18.6. The lowest BCUT2D eigenvalue weighted by molar-refractivity contribution is -0.119. The standard InChI is InChI=1S/C28H28N8O2/c1-3-20-9-7-10-21(15-20)23-16-24(31-28(30-23)32-27(37)19-38-2)25-18-36(34-33-25)17-22-11-8-12-26(29-22)35-13-5-4-6-14-35/h1,7-12,15-16,18H,4-6,13-14,17,19H2,2H3,(H,30,31,32,37). The summed E-state index contributed by atoms with van der Waals surface area (Å²) < 4.78 is 6.64. The maximum Gasteiger partial charge on any atom is 0.252 e. The number of anilines is 2. The van der Waals surface area contributed by atoms with Crippen LogP contribution < -0.4 is 10.2 Å². The molecule has 3 aromatic heterocycles. The Morgan fingerprint density at radius 3 is 2.66 bits per heavy atom. The second-order valence-corrected chi connectivity index (χ2v) is 9.00. The van der Waals surface area contributed by atoms with Crippen molar-refractivity contribution >= 4 is 17.7 Å². The van der Waals surface area contributed by atoms with E-state index in [2.05, 4.69) is 42.5 Å². The molecule has 0 bridgehead atoms. The summed E-state index contributed by atoms with van der Waals surface area (Å²) >= 11 is 0. The molecule has 1 aliphatic rings. The summed E-state index contributed by atoms with van der Waals surface area (Å²) in [6, 6.07) is 15.3. The van der Waals surface area contributed by atoms with Crippen LogP contribution in [0.4, 0.5) is 11.8 Å². The molecule has 5 rings (SSSR count). The van der Waals surface area contributed by atoms with Crippen LogP contribution in [0, 0.1) is 12.3 Å². The van der Waals surface area contributed by atoms with Crippen molar-refractivity contribution < 1.29 is 9.53 Å². The van der Waals surface area contributed by atoms with Crippen molar-refractivity contribution in [2.75, 3.05) is 37.0 Å². The fourth-order valence-electron chi connectivity index (χ4n) is 4.36. The molecule has 38 heavy (non-hydrogen) atoms. The number of aromatic nitrogens is 6. The van der Waals surface area contributed by atoms with Crippen LogP contribution in [0.2, 0.25) is 0 Å². The minimum absolute atomic E-state index is 0.116. The molecule has 1 N–H and O–H groups in total. The van der Waals surface area contributed by atoms with Crippen LogP contribution in [0.25, 0.3) is 22.6 Å². The minimum atomic E-state index is -0.365. The van der Waals surface area contributed by atoms with Crippen LogP contribution >= 0.6 is 0 Å². The summed E-state index contributed by atoms with van der Waals surface area (Å²) in [5, 5.41) is 11.3. The van der Waals surface area contributed by atoms with Crippen LogP contribution in [0.15, 0.2) is 54.7 Å². The van der Waals surface area contributed by atoms with Gasteiger partial charge in [-0.05, 0) is 49.6 Å². The molecule has 1 saturated heterocycles. The smallest absolute Gasteiger partial charge is 0.252 e. The summed E-state index contributed by atoms with van der Waals surface area (Å²) in [7, 11) is 1.45. The summed E-state index contributed by atoms with van der Waals surface area (Å²) in [5.74, 6) is 3.40. The number of pyridine rings is 1. The molecule has 0 radical (unpaired) electrons. The van der Waals surface area contributed by atoms with Gasteiger partial charge in [0.2, 0.25) is 5.95 Å². The van der Waals surface area contributed by atoms with Crippen LogP contribution in [-0.4, -0.2) is 62.7 Å². The van der Waals surface area contributed by atoms with Crippen molar-refractivity contribution in [3.63, 3.8) is 0 Å². The largest absolute Gasteiger partial charge is 0.375 e. The van der Waals surface area contributed by atoms with Crippen molar-refractivity contribution in [3.8, 4) is 35.0 Å². The van der Waals surface area contributed by atoms with Gasteiger partial charge in [-0.25, -0.2) is 19.6 Å². The van der Waals surface area contributed by atoms with Crippen molar-refractivity contribution in [2.24, 2.45) is 0 Å². The third-order valence-corrected chi connectivity index (χ3v) is 6.18. The number of carbonyl (C=O) groups excluding carboxylic acids is 1. The van der Waals surface area contributed by atoms with E-state index in [4.69, 9.17) is 16.1 Å². The van der Waals surface area contributed by atoms with Gasteiger partial charge in [0.05, 0.1) is 29.8 Å². The number of rotatable bonds is 8. The average Bonchev–Trinajstić information content (AvgIpc) is 3.42. The molecule has 4 aromatic rings. The normalized spacial score (nSPS) is 13.2. The highest BCUT2D eigenvalue weighted by atomic mass is 16.5. The van der Waals surface area contributed by atoms with E-state index in [1.165, 1.54) is 26.4 Å². The predicted octanol–water partition coefficient (Wildman–Crippen LogP) is 3.40. The third kappa shape index (κ3) is 6.02. The molecule has 0 aliphatic carbocycles. The minimum Gasteiger partial charge on any atom is -0.375 e. The molecule has 192 valence electrons. The number of nitrogens with one attached hydrogen (secondary N) is 1. The molecular formula is C28H28N8O2. The fraction of sp³-hybridized carbons (Fsp3) is 0.286. The van der Waals surface area contributed by atoms with Gasteiger partial charge in [-0.3, -0.25) is 10.1 Å². The Hall–Kier alpha value is -4.62. The topological polar surface area (TPSA) is 111 Å². The van der Waals surface area contributed by atoms with E-state index in [0.717, 1.165) is 35.7 Å². The lowest BCUT2D eigenvalue weighted by Crippen LogP contribution is -2.30. The number of terminal acetylenes is 1. The maximum atomic E-state index is 12.2. The zero-order valence-electron chi connectivity index (χ0n) is 21.2. The first-order valence-corrected chi connectivity index (χ1v) is 12.5. The van der Waals surface area contributed by atoms with Crippen LogP contribution in [0.5, 0.6) is 0 Å². The number of carbonyl (C=O) groups is 1. The fourth-order valence-corrected chi connectivity index (χ4v) is 4.36. The Labute approximate surface area is 221 Å². The van der Waals surface area contributed by atoms with Crippen molar-refractivity contribution in [1.82, 2.24) is 29.9 Å². The second kappa shape index (κ2) is 11.6. The van der Waals surface area contributed by atoms with Gasteiger partial charge in [-0.2, -0.15) is 0 Å². The molecule has 0 spiro atoms. The van der Waals surface area contributed by atoms with Gasteiger partial charge >= 0.3 is 0 Å². The van der Waals surface area contributed by atoms with Crippen LogP contribution in [0.3, 0.4) is 0 Å². The zero-order chi connectivity index (χ0) is 26.3. The molecular weight excluding hydrogens is 480 g/mol. The Morgan fingerprint density at radius 2 is 1.84 bits per heavy atom. The molecule has 0 saturated carbocycles. The monoisotopic (exact) mass is 508 g/mol. The number of hydrogen-bond donors (Lipinski definition) is 1.